The van der Waals surface area contributed by atoms with E-state index in [4.69, 9.17) is 0 Å². The third-order valence-electron chi connectivity index (χ3n) is 7.34. The van der Waals surface area contributed by atoms with Gasteiger partial charge in [0.25, 0.3) is 0 Å². The fraction of sp³-hybridized carbons (Fsp3) is 0.0526. The van der Waals surface area contributed by atoms with Crippen LogP contribution in [-0.2, 0) is 0 Å². The third kappa shape index (κ3) is 5.39. The molecule has 0 spiro atoms. The van der Waals surface area contributed by atoms with Crippen molar-refractivity contribution in [3.63, 3.8) is 0 Å². The molecule has 0 aliphatic rings. The van der Waals surface area contributed by atoms with E-state index in [2.05, 4.69) is 176 Å². The topological polar surface area (TPSA) is 15.3 Å². The number of rotatable bonds is 7. The van der Waals surface area contributed by atoms with Crippen molar-refractivity contribution in [2.45, 2.75) is 13.8 Å². The van der Waals surface area contributed by atoms with Gasteiger partial charge in [-0.2, -0.15) is 0 Å². The van der Waals surface area contributed by atoms with Crippen molar-refractivity contribution in [1.82, 2.24) is 0 Å². The Morgan fingerprint density at radius 2 is 0.875 bits per heavy atom. The van der Waals surface area contributed by atoms with Gasteiger partial charge in [-0.1, -0.05) is 97.1 Å². The van der Waals surface area contributed by atoms with Gasteiger partial charge in [0.1, 0.15) is 0 Å². The first-order valence-electron chi connectivity index (χ1n) is 13.7. The molecule has 2 nitrogen and oxygen atoms in total. The van der Waals surface area contributed by atoms with Gasteiger partial charge in [0, 0.05) is 28.4 Å². The van der Waals surface area contributed by atoms with Gasteiger partial charge >= 0.3 is 0 Å². The molecule has 0 heterocycles. The first-order valence-corrected chi connectivity index (χ1v) is 13.7. The highest BCUT2D eigenvalue weighted by Crippen LogP contribution is 2.37. The smallest absolute Gasteiger partial charge is 0.0490 e. The summed E-state index contributed by atoms with van der Waals surface area (Å²) in [6.07, 6.45) is 0. The van der Waals surface area contributed by atoms with Crippen molar-refractivity contribution in [2.75, 3.05) is 10.2 Å². The molecule has 0 aliphatic heterocycles. The molecule has 0 bridgehead atoms. The van der Waals surface area contributed by atoms with Crippen LogP contribution in [0.3, 0.4) is 0 Å². The second-order valence-corrected chi connectivity index (χ2v) is 10.1. The number of anilines is 5. The second kappa shape index (κ2) is 11.3. The average molecular weight is 517 g/mol. The van der Waals surface area contributed by atoms with Crippen molar-refractivity contribution in [3.05, 3.63) is 163 Å². The fourth-order valence-electron chi connectivity index (χ4n) is 5.16. The van der Waals surface area contributed by atoms with E-state index in [0.717, 1.165) is 22.7 Å². The number of aryl methyl sites for hydroxylation is 2. The third-order valence-corrected chi connectivity index (χ3v) is 7.34. The molecule has 0 saturated heterocycles. The van der Waals surface area contributed by atoms with Crippen LogP contribution in [0.25, 0.3) is 22.3 Å². The highest BCUT2D eigenvalue weighted by Gasteiger charge is 2.14. The maximum atomic E-state index is 3.53. The van der Waals surface area contributed by atoms with E-state index in [9.17, 15) is 0 Å². The van der Waals surface area contributed by atoms with Gasteiger partial charge in [0.15, 0.2) is 0 Å². The van der Waals surface area contributed by atoms with Crippen molar-refractivity contribution in [2.24, 2.45) is 0 Å². The molecule has 0 unspecified atom stereocenters. The number of nitrogens with zero attached hydrogens (tertiary/aromatic N) is 1. The molecule has 1 N–H and O–H groups in total. The predicted molar refractivity (Wildman–Crippen MR) is 171 cm³/mol. The zero-order chi connectivity index (χ0) is 27.3. The Bertz CT molecular complexity index is 1700. The summed E-state index contributed by atoms with van der Waals surface area (Å²) in [5.41, 5.74) is 13.0. The number of benzene rings is 6. The highest BCUT2D eigenvalue weighted by atomic mass is 15.1. The molecule has 0 atom stereocenters. The van der Waals surface area contributed by atoms with Gasteiger partial charge in [-0.05, 0) is 102 Å². The van der Waals surface area contributed by atoms with Crippen molar-refractivity contribution >= 4 is 28.4 Å². The molecular formula is C38H32N2. The molecule has 0 fully saturated rings. The maximum absolute atomic E-state index is 3.53. The summed E-state index contributed by atoms with van der Waals surface area (Å²) in [5, 5.41) is 3.53. The zero-order valence-electron chi connectivity index (χ0n) is 22.9. The second-order valence-electron chi connectivity index (χ2n) is 10.1. The lowest BCUT2D eigenvalue weighted by Crippen LogP contribution is -2.11. The molecule has 0 amide bonds. The number of nitrogens with one attached hydrogen (secondary N) is 1. The van der Waals surface area contributed by atoms with E-state index >= 15 is 0 Å². The van der Waals surface area contributed by atoms with Crippen LogP contribution in [0.2, 0.25) is 0 Å². The normalized spacial score (nSPS) is 10.8. The van der Waals surface area contributed by atoms with Crippen molar-refractivity contribution in [1.29, 1.82) is 0 Å². The maximum Gasteiger partial charge on any atom is 0.0490 e. The van der Waals surface area contributed by atoms with Crippen molar-refractivity contribution in [3.8, 4) is 22.3 Å². The molecule has 6 rings (SSSR count). The Labute approximate surface area is 237 Å². The molecule has 6 aromatic carbocycles. The molecule has 2 heteroatoms. The van der Waals surface area contributed by atoms with Gasteiger partial charge in [-0.25, -0.2) is 0 Å². The Morgan fingerprint density at radius 1 is 0.400 bits per heavy atom. The number of hydrogen-bond donors (Lipinski definition) is 1. The lowest BCUT2D eigenvalue weighted by Gasteiger charge is -2.27. The van der Waals surface area contributed by atoms with E-state index in [1.807, 2.05) is 0 Å². The van der Waals surface area contributed by atoms with Gasteiger partial charge in [0.05, 0.1) is 0 Å². The van der Waals surface area contributed by atoms with Crippen LogP contribution in [0.4, 0.5) is 28.4 Å². The number of hydrogen-bond acceptors (Lipinski definition) is 2. The molecule has 194 valence electrons. The average Bonchev–Trinajstić information content (AvgIpc) is 3.00. The lowest BCUT2D eigenvalue weighted by molar-refractivity contribution is 1.25. The van der Waals surface area contributed by atoms with Crippen LogP contribution >= 0.6 is 0 Å². The van der Waals surface area contributed by atoms with Crippen molar-refractivity contribution < 1.29 is 0 Å². The van der Waals surface area contributed by atoms with Crippen LogP contribution in [-0.4, -0.2) is 0 Å². The first kappa shape index (κ1) is 25.2. The van der Waals surface area contributed by atoms with E-state index in [0.29, 0.717) is 0 Å². The predicted octanol–water partition coefficient (Wildman–Crippen LogP) is 10.9. The molecule has 0 aromatic heterocycles. The SMILES string of the molecule is Cc1ccccc1-c1ccc(Nc2ccc(-c3ccc(N(c4ccccc4)c4ccccc4C)cc3)cc2)cc1. The summed E-state index contributed by atoms with van der Waals surface area (Å²) in [6, 6.07) is 53.6. The Morgan fingerprint density at radius 3 is 1.48 bits per heavy atom. The van der Waals surface area contributed by atoms with Crippen LogP contribution in [0.1, 0.15) is 11.1 Å². The van der Waals surface area contributed by atoms with Crippen LogP contribution in [0.15, 0.2) is 152 Å². The van der Waals surface area contributed by atoms with E-state index in [1.165, 1.54) is 39.1 Å². The van der Waals surface area contributed by atoms with E-state index < -0.39 is 0 Å². The summed E-state index contributed by atoms with van der Waals surface area (Å²) in [7, 11) is 0. The largest absolute Gasteiger partial charge is 0.356 e. The van der Waals surface area contributed by atoms with Gasteiger partial charge < -0.3 is 10.2 Å². The quantitative estimate of drug-likeness (QED) is 0.227. The van der Waals surface area contributed by atoms with Gasteiger partial charge in [-0.3, -0.25) is 0 Å². The Kier molecular flexibility index (Phi) is 7.15. The minimum atomic E-state index is 1.07. The molecule has 6 aromatic rings. The van der Waals surface area contributed by atoms with Gasteiger partial charge in [0.2, 0.25) is 0 Å². The summed E-state index contributed by atoms with van der Waals surface area (Å²) in [6.45, 7) is 4.31. The van der Waals surface area contributed by atoms with Gasteiger partial charge in [-0.15, -0.1) is 0 Å². The summed E-state index contributed by atoms with van der Waals surface area (Å²) < 4.78 is 0. The molecule has 40 heavy (non-hydrogen) atoms. The van der Waals surface area contributed by atoms with E-state index in [1.54, 1.807) is 0 Å². The Hall–Kier alpha value is -5.08. The minimum absolute atomic E-state index is 1.07. The zero-order valence-corrected chi connectivity index (χ0v) is 22.9. The Balaban J connectivity index is 1.20. The number of para-hydroxylation sites is 2. The standard InChI is InChI=1S/C38H32N2/c1-28-10-6-8-14-37(28)32-18-24-34(25-19-32)39-33-22-16-30(17-23-33)31-20-26-36(27-21-31)40(35-12-4-3-5-13-35)38-15-9-7-11-29(38)2/h3-27,39H,1-2H3. The van der Waals surface area contributed by atoms with Crippen LogP contribution < -0.4 is 10.2 Å². The monoisotopic (exact) mass is 516 g/mol. The molecule has 0 radical (unpaired) electrons. The lowest BCUT2D eigenvalue weighted by atomic mass is 10.0. The van der Waals surface area contributed by atoms with Crippen LogP contribution in [0, 0.1) is 13.8 Å². The minimum Gasteiger partial charge on any atom is -0.356 e. The molecule has 0 saturated carbocycles. The fourth-order valence-corrected chi connectivity index (χ4v) is 5.16. The highest BCUT2D eigenvalue weighted by molar-refractivity contribution is 5.80. The van der Waals surface area contributed by atoms with Crippen LogP contribution in [0.5, 0.6) is 0 Å². The molecular weight excluding hydrogens is 484 g/mol. The summed E-state index contributed by atoms with van der Waals surface area (Å²) >= 11 is 0. The molecule has 0 aliphatic carbocycles. The summed E-state index contributed by atoms with van der Waals surface area (Å²) in [5.74, 6) is 0. The van der Waals surface area contributed by atoms with E-state index in [-0.39, 0.29) is 0 Å². The summed E-state index contributed by atoms with van der Waals surface area (Å²) in [4.78, 5) is 2.32. The first-order chi connectivity index (χ1) is 19.7.